The third-order valence-corrected chi connectivity index (χ3v) is 7.76. The van der Waals surface area contributed by atoms with Gasteiger partial charge in [0.2, 0.25) is 6.23 Å². The van der Waals surface area contributed by atoms with Gasteiger partial charge in [-0.15, -0.1) is 0 Å². The molecule has 0 aromatic heterocycles. The first-order chi connectivity index (χ1) is 17.5. The van der Waals surface area contributed by atoms with Crippen molar-refractivity contribution in [2.24, 2.45) is 5.10 Å². The second-order valence-electron chi connectivity index (χ2n) is 8.90. The number of rotatable bonds is 8. The van der Waals surface area contributed by atoms with Gasteiger partial charge in [-0.3, -0.25) is 0 Å². The van der Waals surface area contributed by atoms with Gasteiger partial charge < -0.3 is 14.2 Å². The molecule has 0 saturated carbocycles. The van der Waals surface area contributed by atoms with Crippen LogP contribution in [0.1, 0.15) is 61.6 Å². The van der Waals surface area contributed by atoms with Crippen LogP contribution in [0.5, 0.6) is 17.2 Å². The summed E-state index contributed by atoms with van der Waals surface area (Å²) in [7, 11) is 1.67. The lowest BCUT2D eigenvalue weighted by Gasteiger charge is -2.38. The Balaban J connectivity index is 1.52. The van der Waals surface area contributed by atoms with Gasteiger partial charge in [0.1, 0.15) is 5.75 Å². The molecule has 2 heterocycles. The van der Waals surface area contributed by atoms with Crippen LogP contribution in [0.15, 0.2) is 68.6 Å². The highest BCUT2D eigenvalue weighted by Gasteiger charge is 2.42. The Kier molecular flexibility index (Phi) is 7.79. The van der Waals surface area contributed by atoms with Crippen molar-refractivity contribution in [1.29, 1.82) is 0 Å². The number of ether oxygens (including phenoxy) is 3. The molecule has 0 amide bonds. The predicted molar refractivity (Wildman–Crippen MR) is 150 cm³/mol. The lowest BCUT2D eigenvalue weighted by Crippen LogP contribution is -2.34. The monoisotopic (exact) mass is 632 g/mol. The van der Waals surface area contributed by atoms with E-state index in [0.717, 1.165) is 68.5 Å². The molecular formula is C28H27Br2ClN2O3. The quantitative estimate of drug-likeness (QED) is 0.233. The van der Waals surface area contributed by atoms with E-state index in [0.29, 0.717) is 17.4 Å². The second-order valence-corrected chi connectivity index (χ2v) is 11.1. The maximum Gasteiger partial charge on any atom is 0.214 e. The Labute approximate surface area is 233 Å². The highest BCUT2D eigenvalue weighted by Crippen LogP contribution is 2.51. The van der Waals surface area contributed by atoms with Crippen LogP contribution in [-0.2, 0) is 0 Å². The molecule has 5 rings (SSSR count). The fourth-order valence-corrected chi connectivity index (χ4v) is 6.12. The van der Waals surface area contributed by atoms with Crippen molar-refractivity contribution in [3.05, 3.63) is 85.3 Å². The first kappa shape index (κ1) is 25.4. The summed E-state index contributed by atoms with van der Waals surface area (Å²) < 4.78 is 20.2. The maximum absolute atomic E-state index is 6.61. The van der Waals surface area contributed by atoms with Crippen molar-refractivity contribution in [2.75, 3.05) is 13.7 Å². The zero-order chi connectivity index (χ0) is 25.2. The topological polar surface area (TPSA) is 43.3 Å². The minimum Gasteiger partial charge on any atom is -0.493 e. The average molecular weight is 635 g/mol. The molecule has 2 aliphatic rings. The Morgan fingerprint density at radius 2 is 1.86 bits per heavy atom. The summed E-state index contributed by atoms with van der Waals surface area (Å²) in [6, 6.07) is 18.0. The third kappa shape index (κ3) is 5.11. The summed E-state index contributed by atoms with van der Waals surface area (Å²) in [6.07, 6.45) is 3.65. The van der Waals surface area contributed by atoms with Crippen molar-refractivity contribution in [2.45, 2.75) is 44.9 Å². The molecule has 36 heavy (non-hydrogen) atoms. The normalized spacial score (nSPS) is 18.2. The van der Waals surface area contributed by atoms with E-state index in [1.54, 1.807) is 7.11 Å². The van der Waals surface area contributed by atoms with Gasteiger partial charge in [-0.1, -0.05) is 59.4 Å². The molecule has 2 atom stereocenters. The Hall–Kier alpha value is -2.22. The molecule has 0 radical (unpaired) electrons. The predicted octanol–water partition coefficient (Wildman–Crippen LogP) is 8.68. The molecular weight excluding hydrogens is 608 g/mol. The summed E-state index contributed by atoms with van der Waals surface area (Å²) in [5, 5.41) is 7.82. The zero-order valence-electron chi connectivity index (χ0n) is 20.1. The minimum atomic E-state index is -0.423. The van der Waals surface area contributed by atoms with E-state index in [4.69, 9.17) is 30.9 Å². The van der Waals surface area contributed by atoms with E-state index < -0.39 is 6.23 Å². The fourth-order valence-electron chi connectivity index (χ4n) is 4.64. The molecule has 2 unspecified atom stereocenters. The Morgan fingerprint density at radius 1 is 1.06 bits per heavy atom. The summed E-state index contributed by atoms with van der Waals surface area (Å²) >= 11 is 13.5. The molecule has 0 fully saturated rings. The molecule has 0 spiro atoms. The molecule has 0 saturated heterocycles. The maximum atomic E-state index is 6.61. The Morgan fingerprint density at radius 3 is 2.61 bits per heavy atom. The van der Waals surface area contributed by atoms with Gasteiger partial charge in [-0.05, 0) is 70.4 Å². The van der Waals surface area contributed by atoms with Gasteiger partial charge in [0.05, 0.1) is 29.9 Å². The van der Waals surface area contributed by atoms with E-state index in [-0.39, 0.29) is 6.04 Å². The molecule has 0 aliphatic carbocycles. The first-order valence-corrected chi connectivity index (χ1v) is 14.0. The summed E-state index contributed by atoms with van der Waals surface area (Å²) in [6.45, 7) is 2.85. The van der Waals surface area contributed by atoms with E-state index in [1.165, 1.54) is 0 Å². The van der Waals surface area contributed by atoms with Gasteiger partial charge in [0.25, 0.3) is 0 Å². The first-order valence-electron chi connectivity index (χ1n) is 12.1. The summed E-state index contributed by atoms with van der Waals surface area (Å²) in [4.78, 5) is 0. The smallest absolute Gasteiger partial charge is 0.214 e. The molecule has 8 heteroatoms. The van der Waals surface area contributed by atoms with Crippen LogP contribution in [0, 0.1) is 0 Å². The minimum absolute atomic E-state index is 0.0224. The van der Waals surface area contributed by atoms with Gasteiger partial charge in [-0.2, -0.15) is 5.10 Å². The van der Waals surface area contributed by atoms with Crippen LogP contribution < -0.4 is 14.2 Å². The van der Waals surface area contributed by atoms with Crippen LogP contribution in [0.25, 0.3) is 0 Å². The standard InChI is InChI=1S/C28H27Br2ClN2O3/c1-3-4-5-12-35-25-11-8-18(13-26(25)34-2)28-33-24(21-14-19(29)15-22(30)27(21)36-28)16-23(32-33)17-6-9-20(31)10-7-17/h6-11,13-15,24,28H,3-5,12,16H2,1-2H3. The van der Waals surface area contributed by atoms with Crippen molar-refractivity contribution in [3.63, 3.8) is 0 Å². The number of nitrogens with zero attached hydrogens (tertiary/aromatic N) is 2. The van der Waals surface area contributed by atoms with Crippen molar-refractivity contribution in [1.82, 2.24) is 5.01 Å². The highest BCUT2D eigenvalue weighted by atomic mass is 79.9. The number of benzene rings is 3. The van der Waals surface area contributed by atoms with Crippen molar-refractivity contribution >= 4 is 49.2 Å². The molecule has 3 aromatic rings. The molecule has 0 N–H and O–H groups in total. The van der Waals surface area contributed by atoms with E-state index in [1.807, 2.05) is 48.5 Å². The van der Waals surface area contributed by atoms with Crippen LogP contribution in [0.4, 0.5) is 0 Å². The number of hydrazone groups is 1. The number of halogens is 3. The number of hydrogen-bond donors (Lipinski definition) is 0. The van der Waals surface area contributed by atoms with E-state index in [9.17, 15) is 0 Å². The number of fused-ring (bicyclic) bond motifs is 3. The van der Waals surface area contributed by atoms with Gasteiger partial charge in [0.15, 0.2) is 11.5 Å². The van der Waals surface area contributed by atoms with Crippen LogP contribution in [-0.4, -0.2) is 24.4 Å². The molecule has 0 bridgehead atoms. The van der Waals surface area contributed by atoms with Crippen LogP contribution in [0.3, 0.4) is 0 Å². The average Bonchev–Trinajstić information content (AvgIpc) is 3.33. The largest absolute Gasteiger partial charge is 0.493 e. The number of methoxy groups -OCH3 is 1. The Bertz CT molecular complexity index is 1280. The molecule has 3 aromatic carbocycles. The van der Waals surface area contributed by atoms with Gasteiger partial charge >= 0.3 is 0 Å². The number of hydrogen-bond acceptors (Lipinski definition) is 5. The van der Waals surface area contributed by atoms with Gasteiger partial charge in [-0.25, -0.2) is 5.01 Å². The van der Waals surface area contributed by atoms with Crippen LogP contribution >= 0.6 is 43.5 Å². The third-order valence-electron chi connectivity index (χ3n) is 6.46. The van der Waals surface area contributed by atoms with E-state index in [2.05, 4.69) is 49.9 Å². The highest BCUT2D eigenvalue weighted by molar-refractivity contribution is 9.11. The second kappa shape index (κ2) is 11.0. The number of unbranched alkanes of at least 4 members (excludes halogenated alkanes) is 2. The SMILES string of the molecule is CCCCCOc1ccc(C2Oc3c(Br)cc(Br)cc3C3CC(c4ccc(Cl)cc4)=NN32)cc1OC. The van der Waals surface area contributed by atoms with Gasteiger partial charge in [0, 0.05) is 27.0 Å². The lowest BCUT2D eigenvalue weighted by atomic mass is 9.96. The molecule has 5 nitrogen and oxygen atoms in total. The zero-order valence-corrected chi connectivity index (χ0v) is 24.1. The van der Waals surface area contributed by atoms with E-state index >= 15 is 0 Å². The van der Waals surface area contributed by atoms with Crippen molar-refractivity contribution < 1.29 is 14.2 Å². The summed E-state index contributed by atoms with van der Waals surface area (Å²) in [5.41, 5.74) is 4.08. The summed E-state index contributed by atoms with van der Waals surface area (Å²) in [5.74, 6) is 2.25. The molecule has 188 valence electrons. The van der Waals surface area contributed by atoms with Crippen molar-refractivity contribution in [3.8, 4) is 17.2 Å². The fraction of sp³-hybridized carbons (Fsp3) is 0.321. The lowest BCUT2D eigenvalue weighted by molar-refractivity contribution is -0.0198. The van der Waals surface area contributed by atoms with Crippen LogP contribution in [0.2, 0.25) is 5.02 Å². The molecule has 2 aliphatic heterocycles.